The molecule has 8 aromatic rings. The number of nitrogens with one attached hydrogen (secondary N) is 2. The van der Waals surface area contributed by atoms with Crippen LogP contribution in [-0.2, 0) is 5.66 Å². The van der Waals surface area contributed by atoms with Crippen LogP contribution in [0.2, 0.25) is 0 Å². The molecule has 0 radical (unpaired) electrons. The molecule has 0 amide bonds. The summed E-state index contributed by atoms with van der Waals surface area (Å²) in [5.41, 5.74) is 8.04. The Morgan fingerprint density at radius 1 is 0.622 bits per heavy atom. The largest absolute Gasteiger partial charge is 0.456 e. The van der Waals surface area contributed by atoms with Crippen molar-refractivity contribution in [3.8, 4) is 5.69 Å². The monoisotopic (exact) mass is 582 g/mol. The Balaban J connectivity index is 1.18. The SMILES string of the molecule is CC1(c2ccccc2)NC(c2ccccc2)=NC(c2ccc(-n3c4ccccc4c4c5c(ccc43)oc3ccccc35)cc2)N1. The fourth-order valence-corrected chi connectivity index (χ4v) is 6.93. The highest BCUT2D eigenvalue weighted by Gasteiger charge is 2.35. The molecular formula is C40H30N4O. The normalized spacial score (nSPS) is 18.4. The molecule has 1 aliphatic heterocycles. The summed E-state index contributed by atoms with van der Waals surface area (Å²) in [6.07, 6.45) is -0.240. The number of para-hydroxylation sites is 2. The van der Waals surface area contributed by atoms with E-state index in [0.29, 0.717) is 0 Å². The number of hydrogen-bond acceptors (Lipinski definition) is 4. The summed E-state index contributed by atoms with van der Waals surface area (Å²) in [4.78, 5) is 5.17. The Morgan fingerprint density at radius 3 is 2.11 bits per heavy atom. The second-order valence-electron chi connectivity index (χ2n) is 11.9. The van der Waals surface area contributed by atoms with Crippen molar-refractivity contribution < 1.29 is 4.42 Å². The highest BCUT2D eigenvalue weighted by molar-refractivity contribution is 6.27. The minimum Gasteiger partial charge on any atom is -0.456 e. The molecule has 45 heavy (non-hydrogen) atoms. The molecule has 5 heteroatoms. The van der Waals surface area contributed by atoms with E-state index in [-0.39, 0.29) is 6.17 Å². The molecule has 216 valence electrons. The molecule has 5 nitrogen and oxygen atoms in total. The second kappa shape index (κ2) is 9.94. The van der Waals surface area contributed by atoms with Gasteiger partial charge < -0.3 is 14.3 Å². The first-order chi connectivity index (χ1) is 22.2. The molecule has 2 unspecified atom stereocenters. The fourth-order valence-electron chi connectivity index (χ4n) is 6.93. The molecule has 6 aromatic carbocycles. The molecule has 0 spiro atoms. The summed E-state index contributed by atoms with van der Waals surface area (Å²) in [6.45, 7) is 2.18. The molecule has 0 saturated heterocycles. The maximum Gasteiger partial charge on any atom is 0.136 e. The quantitative estimate of drug-likeness (QED) is 0.218. The van der Waals surface area contributed by atoms with Crippen LogP contribution < -0.4 is 10.6 Å². The number of hydrogen-bond donors (Lipinski definition) is 2. The second-order valence-corrected chi connectivity index (χ2v) is 11.9. The van der Waals surface area contributed by atoms with E-state index in [4.69, 9.17) is 9.41 Å². The number of rotatable bonds is 4. The summed E-state index contributed by atoms with van der Waals surface area (Å²) >= 11 is 0. The molecule has 1 aliphatic rings. The first-order valence-electron chi connectivity index (χ1n) is 15.3. The van der Waals surface area contributed by atoms with Gasteiger partial charge in [0.1, 0.15) is 28.8 Å². The van der Waals surface area contributed by atoms with Crippen LogP contribution in [0.1, 0.15) is 29.8 Å². The number of amidine groups is 1. The lowest BCUT2D eigenvalue weighted by Gasteiger charge is -2.40. The van der Waals surface area contributed by atoms with Crippen LogP contribution in [-0.4, -0.2) is 10.4 Å². The molecule has 2 atom stereocenters. The van der Waals surface area contributed by atoms with E-state index in [1.807, 2.05) is 24.3 Å². The van der Waals surface area contributed by atoms with Gasteiger partial charge in [0.15, 0.2) is 0 Å². The third-order valence-electron chi connectivity index (χ3n) is 9.09. The number of nitrogens with zero attached hydrogens (tertiary/aromatic N) is 2. The van der Waals surface area contributed by atoms with Crippen molar-refractivity contribution in [1.82, 2.24) is 15.2 Å². The van der Waals surface area contributed by atoms with Crippen molar-refractivity contribution in [2.75, 3.05) is 0 Å². The maximum atomic E-state index is 6.26. The van der Waals surface area contributed by atoms with Gasteiger partial charge in [-0.3, -0.25) is 5.32 Å². The summed E-state index contributed by atoms with van der Waals surface area (Å²) in [7, 11) is 0. The van der Waals surface area contributed by atoms with Gasteiger partial charge in [-0.2, -0.15) is 0 Å². The summed E-state index contributed by atoms with van der Waals surface area (Å²) < 4.78 is 8.62. The van der Waals surface area contributed by atoms with Gasteiger partial charge in [-0.25, -0.2) is 4.99 Å². The Morgan fingerprint density at radius 2 is 1.31 bits per heavy atom. The predicted molar refractivity (Wildman–Crippen MR) is 184 cm³/mol. The predicted octanol–water partition coefficient (Wildman–Crippen LogP) is 9.19. The van der Waals surface area contributed by atoms with Gasteiger partial charge >= 0.3 is 0 Å². The first-order valence-corrected chi connectivity index (χ1v) is 15.3. The van der Waals surface area contributed by atoms with Crippen LogP contribution in [0.15, 0.2) is 155 Å². The van der Waals surface area contributed by atoms with Crippen molar-refractivity contribution in [3.63, 3.8) is 0 Å². The first kappa shape index (κ1) is 25.8. The lowest BCUT2D eigenvalue weighted by molar-refractivity contribution is 0.277. The molecule has 0 saturated carbocycles. The molecule has 0 fully saturated rings. The van der Waals surface area contributed by atoms with Crippen LogP contribution in [0.25, 0.3) is 49.4 Å². The van der Waals surface area contributed by atoms with E-state index in [0.717, 1.165) is 55.7 Å². The zero-order valence-electron chi connectivity index (χ0n) is 24.7. The summed E-state index contributed by atoms with van der Waals surface area (Å²) in [6, 6.07) is 50.9. The van der Waals surface area contributed by atoms with Crippen molar-refractivity contribution in [1.29, 1.82) is 0 Å². The summed E-state index contributed by atoms with van der Waals surface area (Å²) in [5, 5.41) is 12.2. The van der Waals surface area contributed by atoms with Gasteiger partial charge in [0.05, 0.1) is 11.0 Å². The molecule has 2 aromatic heterocycles. The van der Waals surface area contributed by atoms with Crippen LogP contribution in [0.4, 0.5) is 0 Å². The van der Waals surface area contributed by atoms with E-state index >= 15 is 0 Å². The molecule has 0 bridgehead atoms. The zero-order valence-corrected chi connectivity index (χ0v) is 24.7. The van der Waals surface area contributed by atoms with Gasteiger partial charge in [0.2, 0.25) is 0 Å². The van der Waals surface area contributed by atoms with Crippen molar-refractivity contribution >= 4 is 49.6 Å². The Kier molecular flexibility index (Phi) is 5.70. The van der Waals surface area contributed by atoms with E-state index in [9.17, 15) is 0 Å². The van der Waals surface area contributed by atoms with Crippen LogP contribution >= 0.6 is 0 Å². The van der Waals surface area contributed by atoms with Crippen molar-refractivity contribution in [2.24, 2.45) is 4.99 Å². The van der Waals surface area contributed by atoms with Gasteiger partial charge in [0, 0.05) is 32.8 Å². The van der Waals surface area contributed by atoms with Gasteiger partial charge in [-0.05, 0) is 54.4 Å². The van der Waals surface area contributed by atoms with Crippen LogP contribution in [0, 0.1) is 0 Å². The van der Waals surface area contributed by atoms with E-state index in [1.165, 1.54) is 16.3 Å². The Hall–Kier alpha value is -5.65. The number of benzene rings is 6. The number of aliphatic imine (C=N–C) groups is 1. The summed E-state index contributed by atoms with van der Waals surface area (Å²) in [5.74, 6) is 0.869. The molecule has 3 heterocycles. The minimum absolute atomic E-state index is 0.240. The van der Waals surface area contributed by atoms with Gasteiger partial charge in [-0.1, -0.05) is 109 Å². The number of furan rings is 1. The van der Waals surface area contributed by atoms with Crippen molar-refractivity contribution in [3.05, 3.63) is 162 Å². The zero-order chi connectivity index (χ0) is 30.0. The number of fused-ring (bicyclic) bond motifs is 7. The third kappa shape index (κ3) is 4.09. The average Bonchev–Trinajstić information content (AvgIpc) is 3.64. The van der Waals surface area contributed by atoms with E-state index in [1.54, 1.807) is 0 Å². The van der Waals surface area contributed by atoms with Crippen LogP contribution in [0.3, 0.4) is 0 Å². The van der Waals surface area contributed by atoms with Crippen molar-refractivity contribution in [2.45, 2.75) is 18.8 Å². The highest BCUT2D eigenvalue weighted by Crippen LogP contribution is 2.41. The molecule has 0 aliphatic carbocycles. The molecule has 2 N–H and O–H groups in total. The molecule has 9 rings (SSSR count). The minimum atomic E-state index is -0.511. The topological polar surface area (TPSA) is 54.5 Å². The smallest absolute Gasteiger partial charge is 0.136 e. The van der Waals surface area contributed by atoms with Gasteiger partial charge in [0.25, 0.3) is 0 Å². The highest BCUT2D eigenvalue weighted by atomic mass is 16.3. The lowest BCUT2D eigenvalue weighted by Crippen LogP contribution is -2.58. The Labute approximate surface area is 260 Å². The maximum absolute atomic E-state index is 6.26. The van der Waals surface area contributed by atoms with E-state index < -0.39 is 5.66 Å². The fraction of sp³-hybridized carbons (Fsp3) is 0.0750. The van der Waals surface area contributed by atoms with E-state index in [2.05, 4.69) is 143 Å². The Bertz CT molecular complexity index is 2390. The third-order valence-corrected chi connectivity index (χ3v) is 9.09. The van der Waals surface area contributed by atoms with Gasteiger partial charge in [-0.15, -0.1) is 0 Å². The molecular weight excluding hydrogens is 552 g/mol. The standard InChI is InChI=1S/C40H30N4O/c1-40(28-14-6-3-7-15-28)42-38(26-12-4-2-5-13-26)41-39(43-40)27-20-22-29(23-21-27)44-32-18-10-8-16-30(32)36-33(44)24-25-35-37(36)31-17-9-11-19-34(31)45-35/h2-25,39,43H,1H3,(H,41,42). The lowest BCUT2D eigenvalue weighted by atomic mass is 9.97. The van der Waals surface area contributed by atoms with Crippen LogP contribution in [0.5, 0.6) is 0 Å². The number of aromatic nitrogens is 1. The average molecular weight is 583 g/mol.